The zero-order valence-electron chi connectivity index (χ0n) is 13.1. The molecule has 0 bridgehead atoms. The molecule has 0 fully saturated rings. The molecule has 19 heavy (non-hydrogen) atoms. The maximum absolute atomic E-state index is 2.34. The van der Waals surface area contributed by atoms with Gasteiger partial charge in [0.05, 0.1) is 0 Å². The quantitative estimate of drug-likeness (QED) is 0.408. The van der Waals surface area contributed by atoms with Gasteiger partial charge in [0.25, 0.3) is 0 Å². The van der Waals surface area contributed by atoms with Crippen molar-refractivity contribution >= 4 is 0 Å². The highest BCUT2D eigenvalue weighted by molar-refractivity contribution is 5.27. The molecule has 0 spiro atoms. The Hall–Kier alpha value is -0.780. The first-order chi connectivity index (χ1) is 9.38. The Morgan fingerprint density at radius 2 is 1.00 bits per heavy atom. The Balaban J connectivity index is 2.27. The molecule has 0 N–H and O–H groups in total. The van der Waals surface area contributed by atoms with Gasteiger partial charge in [-0.3, -0.25) is 0 Å². The van der Waals surface area contributed by atoms with Gasteiger partial charge in [0, 0.05) is 0 Å². The fourth-order valence-corrected chi connectivity index (χ4v) is 2.71. The Labute approximate surface area is 120 Å². The van der Waals surface area contributed by atoms with Gasteiger partial charge >= 0.3 is 0 Å². The zero-order valence-corrected chi connectivity index (χ0v) is 13.1. The first-order valence-corrected chi connectivity index (χ1v) is 8.45. The lowest BCUT2D eigenvalue weighted by atomic mass is 9.97. The van der Waals surface area contributed by atoms with E-state index in [4.69, 9.17) is 0 Å². The van der Waals surface area contributed by atoms with Gasteiger partial charge in [-0.15, -0.1) is 0 Å². The SMILES string of the molecule is CCCCCCCCc1ccccc1CCCCC. The smallest absolute Gasteiger partial charge is 0.0276 e. The van der Waals surface area contributed by atoms with Gasteiger partial charge in [0.15, 0.2) is 0 Å². The van der Waals surface area contributed by atoms with Crippen LogP contribution in [0.2, 0.25) is 0 Å². The van der Waals surface area contributed by atoms with Crippen LogP contribution < -0.4 is 0 Å². The highest BCUT2D eigenvalue weighted by Crippen LogP contribution is 2.16. The minimum atomic E-state index is 1.28. The van der Waals surface area contributed by atoms with Gasteiger partial charge in [-0.1, -0.05) is 83.1 Å². The highest BCUT2D eigenvalue weighted by Gasteiger charge is 2.01. The van der Waals surface area contributed by atoms with Crippen LogP contribution in [0.4, 0.5) is 0 Å². The van der Waals surface area contributed by atoms with Gasteiger partial charge < -0.3 is 0 Å². The number of hydrogen-bond acceptors (Lipinski definition) is 0. The van der Waals surface area contributed by atoms with Gasteiger partial charge in [-0.25, -0.2) is 0 Å². The zero-order chi connectivity index (χ0) is 13.8. The van der Waals surface area contributed by atoms with Crippen molar-refractivity contribution in [3.05, 3.63) is 35.4 Å². The van der Waals surface area contributed by atoms with Crippen molar-refractivity contribution < 1.29 is 0 Å². The molecule has 0 aliphatic rings. The molecule has 0 aliphatic heterocycles. The summed E-state index contributed by atoms with van der Waals surface area (Å²) in [6.45, 7) is 4.56. The van der Waals surface area contributed by atoms with E-state index in [-0.39, 0.29) is 0 Å². The summed E-state index contributed by atoms with van der Waals surface area (Å²) in [5, 5.41) is 0. The van der Waals surface area contributed by atoms with Crippen molar-refractivity contribution in [3.63, 3.8) is 0 Å². The lowest BCUT2D eigenvalue weighted by Crippen LogP contribution is -1.95. The molecule has 0 nitrogen and oxygen atoms in total. The van der Waals surface area contributed by atoms with E-state index in [0.29, 0.717) is 0 Å². The van der Waals surface area contributed by atoms with Gasteiger partial charge in [-0.2, -0.15) is 0 Å². The number of aryl methyl sites for hydroxylation is 2. The highest BCUT2D eigenvalue weighted by atomic mass is 14.1. The maximum Gasteiger partial charge on any atom is -0.0276 e. The summed E-state index contributed by atoms with van der Waals surface area (Å²) in [6, 6.07) is 9.08. The minimum Gasteiger partial charge on any atom is -0.0654 e. The third kappa shape index (κ3) is 7.40. The van der Waals surface area contributed by atoms with E-state index in [1.165, 1.54) is 70.6 Å². The summed E-state index contributed by atoms with van der Waals surface area (Å²) >= 11 is 0. The van der Waals surface area contributed by atoms with E-state index in [9.17, 15) is 0 Å². The monoisotopic (exact) mass is 260 g/mol. The van der Waals surface area contributed by atoms with Crippen molar-refractivity contribution in [2.45, 2.75) is 84.5 Å². The van der Waals surface area contributed by atoms with Crippen molar-refractivity contribution in [2.75, 3.05) is 0 Å². The Kier molecular flexibility index (Phi) is 9.49. The summed E-state index contributed by atoms with van der Waals surface area (Å²) < 4.78 is 0. The van der Waals surface area contributed by atoms with E-state index in [1.54, 1.807) is 11.1 Å². The van der Waals surface area contributed by atoms with Crippen LogP contribution >= 0.6 is 0 Å². The summed E-state index contributed by atoms with van der Waals surface area (Å²) in [6.07, 6.45) is 15.0. The Morgan fingerprint density at radius 1 is 0.579 bits per heavy atom. The molecule has 0 saturated carbocycles. The Bertz CT molecular complexity index is 314. The number of benzene rings is 1. The van der Waals surface area contributed by atoms with Crippen molar-refractivity contribution in [2.24, 2.45) is 0 Å². The second-order valence-corrected chi connectivity index (χ2v) is 5.74. The molecule has 0 aliphatic carbocycles. The van der Waals surface area contributed by atoms with E-state index in [2.05, 4.69) is 38.1 Å². The molecule has 0 unspecified atom stereocenters. The molecule has 0 amide bonds. The van der Waals surface area contributed by atoms with Crippen LogP contribution in [0.5, 0.6) is 0 Å². The fraction of sp³-hybridized carbons (Fsp3) is 0.684. The summed E-state index contributed by atoms with van der Waals surface area (Å²) in [4.78, 5) is 0. The van der Waals surface area contributed by atoms with Gasteiger partial charge in [0.2, 0.25) is 0 Å². The van der Waals surface area contributed by atoms with E-state index in [0.717, 1.165) is 0 Å². The van der Waals surface area contributed by atoms with E-state index >= 15 is 0 Å². The van der Waals surface area contributed by atoms with Crippen LogP contribution in [0.3, 0.4) is 0 Å². The first kappa shape index (κ1) is 16.3. The number of hydrogen-bond donors (Lipinski definition) is 0. The van der Waals surface area contributed by atoms with Crippen molar-refractivity contribution in [1.82, 2.24) is 0 Å². The van der Waals surface area contributed by atoms with Crippen LogP contribution in [0.1, 0.15) is 82.8 Å². The largest absolute Gasteiger partial charge is 0.0654 e. The number of unbranched alkanes of at least 4 members (excludes halogenated alkanes) is 7. The molecule has 1 aromatic rings. The van der Waals surface area contributed by atoms with Gasteiger partial charge in [0.1, 0.15) is 0 Å². The average Bonchev–Trinajstić information content (AvgIpc) is 2.44. The van der Waals surface area contributed by atoms with Crippen LogP contribution in [0.25, 0.3) is 0 Å². The summed E-state index contributed by atoms with van der Waals surface area (Å²) in [7, 11) is 0. The standard InChI is InChI=1S/C19H32/c1-3-5-7-8-9-11-15-19-17-13-12-16-18(19)14-10-6-4-2/h12-13,16-17H,3-11,14-15H2,1-2H3. The minimum absolute atomic E-state index is 1.28. The number of rotatable bonds is 11. The molecular weight excluding hydrogens is 228 g/mol. The van der Waals surface area contributed by atoms with E-state index < -0.39 is 0 Å². The lowest BCUT2D eigenvalue weighted by Gasteiger charge is -2.09. The second-order valence-electron chi connectivity index (χ2n) is 5.74. The van der Waals surface area contributed by atoms with Crippen molar-refractivity contribution in [1.29, 1.82) is 0 Å². The van der Waals surface area contributed by atoms with Crippen LogP contribution in [0, 0.1) is 0 Å². The average molecular weight is 260 g/mol. The molecule has 1 aromatic carbocycles. The lowest BCUT2D eigenvalue weighted by molar-refractivity contribution is 0.605. The topological polar surface area (TPSA) is 0 Å². The molecule has 0 aromatic heterocycles. The normalized spacial score (nSPS) is 10.8. The summed E-state index contributed by atoms with van der Waals surface area (Å²) in [5.74, 6) is 0. The van der Waals surface area contributed by atoms with Crippen LogP contribution in [0.15, 0.2) is 24.3 Å². The van der Waals surface area contributed by atoms with Gasteiger partial charge in [-0.05, 0) is 36.8 Å². The molecule has 1 rings (SSSR count). The molecule has 0 heteroatoms. The van der Waals surface area contributed by atoms with Crippen molar-refractivity contribution in [3.8, 4) is 0 Å². The first-order valence-electron chi connectivity index (χ1n) is 8.45. The molecule has 0 radical (unpaired) electrons. The molecule has 0 atom stereocenters. The molecule has 108 valence electrons. The van der Waals surface area contributed by atoms with Crippen LogP contribution in [-0.4, -0.2) is 0 Å². The predicted octanol–water partition coefficient (Wildman–Crippen LogP) is 6.32. The predicted molar refractivity (Wildman–Crippen MR) is 86.8 cm³/mol. The molecule has 0 saturated heterocycles. The fourth-order valence-electron chi connectivity index (χ4n) is 2.71. The molecule has 0 heterocycles. The van der Waals surface area contributed by atoms with E-state index in [1.807, 2.05) is 0 Å². The maximum atomic E-state index is 2.34. The molecular formula is C19H32. The Morgan fingerprint density at radius 3 is 1.58 bits per heavy atom. The second kappa shape index (κ2) is 11.1. The third-order valence-electron chi connectivity index (χ3n) is 3.97. The third-order valence-corrected chi connectivity index (χ3v) is 3.97. The van der Waals surface area contributed by atoms with Crippen LogP contribution in [-0.2, 0) is 12.8 Å². The summed E-state index contributed by atoms with van der Waals surface area (Å²) in [5.41, 5.74) is 3.21.